The summed E-state index contributed by atoms with van der Waals surface area (Å²) >= 11 is 0. The number of anilines is 1. The number of unbranched alkanes of at least 4 members (excludes halogenated alkanes) is 1. The van der Waals surface area contributed by atoms with Crippen molar-refractivity contribution in [3.05, 3.63) is 94.8 Å². The van der Waals surface area contributed by atoms with Crippen molar-refractivity contribution in [2.24, 2.45) is 0 Å². The van der Waals surface area contributed by atoms with E-state index in [9.17, 15) is 22.4 Å². The monoisotopic (exact) mass is 483 g/mol. The van der Waals surface area contributed by atoms with E-state index in [1.165, 1.54) is 30.3 Å². The summed E-state index contributed by atoms with van der Waals surface area (Å²) in [6, 6.07) is 16.1. The van der Waals surface area contributed by atoms with E-state index >= 15 is 0 Å². The van der Waals surface area contributed by atoms with Crippen LogP contribution in [0.3, 0.4) is 0 Å². The van der Waals surface area contributed by atoms with Crippen LogP contribution < -0.4 is 4.72 Å². The highest BCUT2D eigenvalue weighted by atomic mass is 32.2. The number of benzene rings is 3. The molecule has 0 atom stereocenters. The molecule has 3 rings (SSSR count). The molecular weight excluding hydrogens is 457 g/mol. The second kappa shape index (κ2) is 11.1. The molecule has 0 aromatic heterocycles. The second-order valence-corrected chi connectivity index (χ2v) is 9.57. The van der Waals surface area contributed by atoms with Crippen LogP contribution in [-0.4, -0.2) is 26.8 Å². The van der Waals surface area contributed by atoms with Gasteiger partial charge >= 0.3 is 5.97 Å². The van der Waals surface area contributed by atoms with E-state index in [0.29, 0.717) is 11.3 Å². The summed E-state index contributed by atoms with van der Waals surface area (Å²) < 4.78 is 46.4. The highest BCUT2D eigenvalue weighted by Gasteiger charge is 2.20. The molecule has 0 fully saturated rings. The Morgan fingerprint density at radius 1 is 0.971 bits per heavy atom. The number of ketones is 1. The third-order valence-electron chi connectivity index (χ3n) is 5.26. The van der Waals surface area contributed by atoms with Crippen LogP contribution in [0.15, 0.2) is 71.6 Å². The number of rotatable bonds is 10. The SMILES string of the molecule is CCCCc1ccc(NS(=O)(=O)c2ccc(C)c(C(=O)OCC(=O)c3ccc(F)cc3)c2)cc1. The Hall–Kier alpha value is -3.52. The van der Waals surface area contributed by atoms with Gasteiger partial charge in [-0.05, 0) is 79.4 Å². The van der Waals surface area contributed by atoms with Gasteiger partial charge in [-0.25, -0.2) is 17.6 Å². The number of hydrogen-bond donors (Lipinski definition) is 1. The summed E-state index contributed by atoms with van der Waals surface area (Å²) in [5, 5.41) is 0. The lowest BCUT2D eigenvalue weighted by atomic mass is 10.1. The second-order valence-electron chi connectivity index (χ2n) is 7.89. The topological polar surface area (TPSA) is 89.5 Å². The fourth-order valence-corrected chi connectivity index (χ4v) is 4.34. The highest BCUT2D eigenvalue weighted by molar-refractivity contribution is 7.92. The molecule has 1 N–H and O–H groups in total. The first-order valence-electron chi connectivity index (χ1n) is 10.9. The minimum atomic E-state index is -3.95. The molecule has 0 aliphatic heterocycles. The van der Waals surface area contributed by atoms with Gasteiger partial charge in [0.15, 0.2) is 12.4 Å². The molecule has 0 aliphatic rings. The average molecular weight is 484 g/mol. The van der Waals surface area contributed by atoms with Gasteiger partial charge in [0.25, 0.3) is 10.0 Å². The number of carbonyl (C=O) groups is 2. The Bertz CT molecular complexity index is 1270. The summed E-state index contributed by atoms with van der Waals surface area (Å²) in [5.41, 5.74) is 2.27. The summed E-state index contributed by atoms with van der Waals surface area (Å²) in [4.78, 5) is 24.6. The number of ether oxygens (including phenoxy) is 1. The largest absolute Gasteiger partial charge is 0.454 e. The molecule has 8 heteroatoms. The van der Waals surface area contributed by atoms with Crippen molar-refractivity contribution in [2.75, 3.05) is 11.3 Å². The van der Waals surface area contributed by atoms with Gasteiger partial charge in [0, 0.05) is 11.3 Å². The Labute approximate surface area is 198 Å². The number of aryl methyl sites for hydroxylation is 2. The van der Waals surface area contributed by atoms with Crippen LogP contribution in [0.25, 0.3) is 0 Å². The number of nitrogens with one attached hydrogen (secondary N) is 1. The molecule has 0 saturated carbocycles. The zero-order chi connectivity index (χ0) is 24.7. The first-order chi connectivity index (χ1) is 16.2. The zero-order valence-corrected chi connectivity index (χ0v) is 19.8. The number of sulfonamides is 1. The molecule has 0 heterocycles. The van der Waals surface area contributed by atoms with Gasteiger partial charge in [-0.15, -0.1) is 0 Å². The highest BCUT2D eigenvalue weighted by Crippen LogP contribution is 2.21. The molecule has 178 valence electrons. The van der Waals surface area contributed by atoms with Crippen molar-refractivity contribution in [3.8, 4) is 0 Å². The molecule has 3 aromatic rings. The van der Waals surface area contributed by atoms with Crippen LogP contribution in [0.2, 0.25) is 0 Å². The summed E-state index contributed by atoms with van der Waals surface area (Å²) in [7, 11) is -3.95. The molecule has 0 bridgehead atoms. The molecule has 3 aromatic carbocycles. The van der Waals surface area contributed by atoms with E-state index in [4.69, 9.17) is 4.74 Å². The van der Waals surface area contributed by atoms with Crippen LogP contribution in [0.1, 0.15) is 51.6 Å². The molecule has 6 nitrogen and oxygen atoms in total. The minimum absolute atomic E-state index is 0.0321. The van der Waals surface area contributed by atoms with Crippen molar-refractivity contribution in [2.45, 2.75) is 38.0 Å². The number of Topliss-reactive ketones (excluding diaryl/α,β-unsaturated/α-hetero) is 1. The van der Waals surface area contributed by atoms with Gasteiger partial charge in [0.05, 0.1) is 10.5 Å². The van der Waals surface area contributed by atoms with Gasteiger partial charge in [-0.1, -0.05) is 31.5 Å². The predicted octanol–water partition coefficient (Wildman–Crippen LogP) is 5.32. The lowest BCUT2D eigenvalue weighted by molar-refractivity contribution is 0.0473. The minimum Gasteiger partial charge on any atom is -0.454 e. The van der Waals surface area contributed by atoms with Gasteiger partial charge in [0.1, 0.15) is 5.82 Å². The number of hydrogen-bond acceptors (Lipinski definition) is 5. The van der Waals surface area contributed by atoms with Crippen molar-refractivity contribution >= 4 is 27.5 Å². The molecule has 0 unspecified atom stereocenters. The lowest BCUT2D eigenvalue weighted by Gasteiger charge is -2.12. The van der Waals surface area contributed by atoms with Crippen molar-refractivity contribution in [1.29, 1.82) is 0 Å². The maximum absolute atomic E-state index is 13.0. The number of halogens is 1. The van der Waals surface area contributed by atoms with Crippen LogP contribution in [0.4, 0.5) is 10.1 Å². The first kappa shape index (κ1) is 25.1. The van der Waals surface area contributed by atoms with Crippen molar-refractivity contribution in [3.63, 3.8) is 0 Å². The standard InChI is InChI=1S/C26H26FNO5S/c1-3-4-5-19-7-13-22(14-8-19)28-34(31,32)23-15-6-18(2)24(16-23)26(30)33-17-25(29)20-9-11-21(27)12-10-20/h6-16,28H,3-5,17H2,1-2H3. The summed E-state index contributed by atoms with van der Waals surface area (Å²) in [6.45, 7) is 3.19. The van der Waals surface area contributed by atoms with E-state index < -0.39 is 34.2 Å². The first-order valence-corrected chi connectivity index (χ1v) is 12.4. The Balaban J connectivity index is 1.70. The average Bonchev–Trinajstić information content (AvgIpc) is 2.82. The smallest absolute Gasteiger partial charge is 0.338 e. The van der Waals surface area contributed by atoms with E-state index in [2.05, 4.69) is 11.6 Å². The van der Waals surface area contributed by atoms with E-state index in [-0.39, 0.29) is 16.0 Å². The van der Waals surface area contributed by atoms with Gasteiger partial charge < -0.3 is 4.74 Å². The van der Waals surface area contributed by atoms with Crippen LogP contribution in [0.5, 0.6) is 0 Å². The van der Waals surface area contributed by atoms with E-state index in [1.807, 2.05) is 12.1 Å². The maximum Gasteiger partial charge on any atom is 0.338 e. The zero-order valence-electron chi connectivity index (χ0n) is 19.0. The normalized spacial score (nSPS) is 11.1. The lowest BCUT2D eigenvalue weighted by Crippen LogP contribution is -2.17. The Morgan fingerprint density at radius 3 is 2.29 bits per heavy atom. The summed E-state index contributed by atoms with van der Waals surface area (Å²) in [5.74, 6) is -1.81. The molecular formula is C26H26FNO5S. The molecule has 0 aliphatic carbocycles. The number of carbonyl (C=O) groups excluding carboxylic acids is 2. The number of esters is 1. The third-order valence-corrected chi connectivity index (χ3v) is 6.64. The molecule has 0 amide bonds. The van der Waals surface area contributed by atoms with Crippen molar-refractivity contribution < 1.29 is 27.1 Å². The van der Waals surface area contributed by atoms with Gasteiger partial charge in [-0.3, -0.25) is 9.52 Å². The fourth-order valence-electron chi connectivity index (χ4n) is 3.25. The molecule has 0 radical (unpaired) electrons. The van der Waals surface area contributed by atoms with Crippen LogP contribution in [0, 0.1) is 12.7 Å². The third kappa shape index (κ3) is 6.51. The molecule has 0 spiro atoms. The summed E-state index contributed by atoms with van der Waals surface area (Å²) in [6.07, 6.45) is 3.06. The van der Waals surface area contributed by atoms with Gasteiger partial charge in [-0.2, -0.15) is 0 Å². The van der Waals surface area contributed by atoms with E-state index in [0.717, 1.165) is 37.0 Å². The Morgan fingerprint density at radius 2 is 1.65 bits per heavy atom. The van der Waals surface area contributed by atoms with Crippen LogP contribution >= 0.6 is 0 Å². The van der Waals surface area contributed by atoms with E-state index in [1.54, 1.807) is 19.1 Å². The quantitative estimate of drug-likeness (QED) is 0.312. The molecule has 0 saturated heterocycles. The fraction of sp³-hybridized carbons (Fsp3) is 0.231. The predicted molar refractivity (Wildman–Crippen MR) is 128 cm³/mol. The Kier molecular flexibility index (Phi) is 8.17. The van der Waals surface area contributed by atoms with Gasteiger partial charge in [0.2, 0.25) is 0 Å². The maximum atomic E-state index is 13.0. The van der Waals surface area contributed by atoms with Crippen LogP contribution in [-0.2, 0) is 21.2 Å². The van der Waals surface area contributed by atoms with Crippen molar-refractivity contribution in [1.82, 2.24) is 0 Å². The molecule has 34 heavy (non-hydrogen) atoms.